The van der Waals surface area contributed by atoms with Gasteiger partial charge in [0.1, 0.15) is 5.82 Å². The highest BCUT2D eigenvalue weighted by atomic mass is 32.1. The zero-order valence-corrected chi connectivity index (χ0v) is 17.4. The van der Waals surface area contributed by atoms with E-state index in [1.165, 1.54) is 43.0 Å². The van der Waals surface area contributed by atoms with E-state index in [0.29, 0.717) is 6.04 Å². The first-order valence-corrected chi connectivity index (χ1v) is 11.2. The normalized spacial score (nSPS) is 23.7. The van der Waals surface area contributed by atoms with E-state index in [9.17, 15) is 4.79 Å². The van der Waals surface area contributed by atoms with Crippen molar-refractivity contribution in [2.45, 2.75) is 38.1 Å². The first-order valence-electron chi connectivity index (χ1n) is 10.4. The van der Waals surface area contributed by atoms with Crippen molar-refractivity contribution >= 4 is 33.5 Å². The number of benzene rings is 1. The Morgan fingerprint density at radius 2 is 1.93 bits per heavy atom. The number of hydrogen-bond acceptors (Lipinski definition) is 6. The van der Waals surface area contributed by atoms with Crippen LogP contribution >= 0.6 is 11.5 Å². The molecule has 1 aliphatic heterocycles. The number of alkyl carbamates (subject to hydrolysis) is 1. The molecule has 4 rings (SSSR count). The Bertz CT molecular complexity index is 780. The van der Waals surface area contributed by atoms with Crippen molar-refractivity contribution in [2.24, 2.45) is 5.92 Å². The number of aromatic nitrogens is 1. The van der Waals surface area contributed by atoms with Crippen molar-refractivity contribution in [3.05, 3.63) is 24.3 Å². The van der Waals surface area contributed by atoms with Gasteiger partial charge in [-0.25, -0.2) is 4.79 Å². The molecule has 1 aromatic carbocycles. The van der Waals surface area contributed by atoms with E-state index in [0.717, 1.165) is 50.8 Å². The van der Waals surface area contributed by atoms with Gasteiger partial charge in [-0.15, -0.1) is 0 Å². The van der Waals surface area contributed by atoms with Crippen molar-refractivity contribution in [1.82, 2.24) is 14.6 Å². The molecule has 152 valence electrons. The van der Waals surface area contributed by atoms with Gasteiger partial charge in [-0.2, -0.15) is 4.37 Å². The number of carbonyl (C=O) groups excluding carboxylic acids is 1. The summed E-state index contributed by atoms with van der Waals surface area (Å²) in [5.41, 5.74) is 0. The number of methoxy groups -OCH3 is 1. The number of piperazine rings is 1. The third-order valence-electron chi connectivity index (χ3n) is 6.24. The number of rotatable bonds is 5. The van der Waals surface area contributed by atoms with Crippen LogP contribution in [-0.4, -0.2) is 61.2 Å². The van der Waals surface area contributed by atoms with Crippen LogP contribution in [0.2, 0.25) is 0 Å². The molecule has 2 aliphatic rings. The van der Waals surface area contributed by atoms with Gasteiger partial charge in [-0.3, -0.25) is 4.90 Å². The Kier molecular flexibility index (Phi) is 6.32. The second kappa shape index (κ2) is 9.09. The molecule has 7 heteroatoms. The van der Waals surface area contributed by atoms with Gasteiger partial charge in [0.15, 0.2) is 0 Å². The summed E-state index contributed by atoms with van der Waals surface area (Å²) in [6, 6.07) is 8.82. The van der Waals surface area contributed by atoms with Gasteiger partial charge < -0.3 is 15.0 Å². The lowest BCUT2D eigenvalue weighted by Gasteiger charge is -2.36. The second-order valence-corrected chi connectivity index (χ2v) is 8.78. The van der Waals surface area contributed by atoms with Gasteiger partial charge >= 0.3 is 6.09 Å². The molecule has 0 spiro atoms. The van der Waals surface area contributed by atoms with Crippen molar-refractivity contribution in [2.75, 3.05) is 44.7 Å². The molecule has 0 bridgehead atoms. The molecule has 28 heavy (non-hydrogen) atoms. The Balaban J connectivity index is 1.19. The van der Waals surface area contributed by atoms with Crippen LogP contribution in [0.1, 0.15) is 32.1 Å². The minimum Gasteiger partial charge on any atom is -0.453 e. The summed E-state index contributed by atoms with van der Waals surface area (Å²) in [6.07, 6.45) is 5.53. The van der Waals surface area contributed by atoms with Crippen LogP contribution in [-0.2, 0) is 4.74 Å². The standard InChI is InChI=1S/C21H30N4O2S/c1-27-21(26)22-17-8-6-16(7-9-17)10-11-24-12-14-25(15-13-24)20-18-4-2-3-5-19(18)28-23-20/h2-5,16-17H,6-15H2,1H3,(H,22,26). The summed E-state index contributed by atoms with van der Waals surface area (Å²) in [5.74, 6) is 1.95. The minimum atomic E-state index is -0.297. The van der Waals surface area contributed by atoms with E-state index in [1.807, 2.05) is 0 Å². The SMILES string of the molecule is COC(=O)NC1CCC(CCN2CCN(c3nsc4ccccc34)CC2)CC1. The molecule has 0 atom stereocenters. The number of amides is 1. The number of carbonyl (C=O) groups is 1. The van der Waals surface area contributed by atoms with E-state index in [2.05, 4.69) is 39.4 Å². The summed E-state index contributed by atoms with van der Waals surface area (Å²) in [6.45, 7) is 5.54. The predicted octanol–water partition coefficient (Wildman–Crippen LogP) is 3.72. The maximum absolute atomic E-state index is 11.3. The molecule has 1 aromatic heterocycles. The van der Waals surface area contributed by atoms with Gasteiger partial charge in [0.05, 0.1) is 11.8 Å². The molecule has 6 nitrogen and oxygen atoms in total. The van der Waals surface area contributed by atoms with Gasteiger partial charge in [-0.05, 0) is 68.2 Å². The number of hydrogen-bond donors (Lipinski definition) is 1. The van der Waals surface area contributed by atoms with Gasteiger partial charge in [-0.1, -0.05) is 12.1 Å². The fraction of sp³-hybridized carbons (Fsp3) is 0.619. The Labute approximate surface area is 171 Å². The molecule has 1 saturated heterocycles. The monoisotopic (exact) mass is 402 g/mol. The Morgan fingerprint density at radius 3 is 2.68 bits per heavy atom. The highest BCUT2D eigenvalue weighted by Crippen LogP contribution is 2.30. The third-order valence-corrected chi connectivity index (χ3v) is 7.05. The molecule has 1 aliphatic carbocycles. The number of nitrogens with one attached hydrogen (secondary N) is 1. The van der Waals surface area contributed by atoms with E-state index in [4.69, 9.17) is 9.11 Å². The van der Waals surface area contributed by atoms with Crippen molar-refractivity contribution in [1.29, 1.82) is 0 Å². The smallest absolute Gasteiger partial charge is 0.407 e. The largest absolute Gasteiger partial charge is 0.453 e. The lowest BCUT2D eigenvalue weighted by Crippen LogP contribution is -2.47. The van der Waals surface area contributed by atoms with E-state index >= 15 is 0 Å². The fourth-order valence-electron chi connectivity index (χ4n) is 4.47. The van der Waals surface area contributed by atoms with Crippen LogP contribution in [0.3, 0.4) is 0 Å². The number of nitrogens with zero attached hydrogens (tertiary/aromatic N) is 3. The predicted molar refractivity (Wildman–Crippen MR) is 114 cm³/mol. The van der Waals surface area contributed by atoms with Gasteiger partial charge in [0, 0.05) is 37.6 Å². The lowest BCUT2D eigenvalue weighted by atomic mass is 9.84. The number of fused-ring (bicyclic) bond motifs is 1. The van der Waals surface area contributed by atoms with Crippen LogP contribution in [0.5, 0.6) is 0 Å². The highest BCUT2D eigenvalue weighted by Gasteiger charge is 2.25. The molecule has 2 fully saturated rings. The van der Waals surface area contributed by atoms with Crippen LogP contribution < -0.4 is 10.2 Å². The van der Waals surface area contributed by atoms with Crippen molar-refractivity contribution in [3.63, 3.8) is 0 Å². The quantitative estimate of drug-likeness (QED) is 0.826. The molecule has 0 unspecified atom stereocenters. The first kappa shape index (κ1) is 19.5. The number of anilines is 1. The van der Waals surface area contributed by atoms with Gasteiger partial charge in [0.25, 0.3) is 0 Å². The maximum atomic E-state index is 11.3. The van der Waals surface area contributed by atoms with Crippen LogP contribution in [0.15, 0.2) is 24.3 Å². The molecular formula is C21H30N4O2S. The Morgan fingerprint density at radius 1 is 1.18 bits per heavy atom. The minimum absolute atomic E-state index is 0.292. The van der Waals surface area contributed by atoms with Crippen molar-refractivity contribution < 1.29 is 9.53 Å². The average Bonchev–Trinajstić information content (AvgIpc) is 3.18. The number of ether oxygens (including phenoxy) is 1. The second-order valence-electron chi connectivity index (χ2n) is 7.97. The maximum Gasteiger partial charge on any atom is 0.407 e. The molecule has 1 amide bonds. The first-order chi connectivity index (χ1) is 13.7. The van der Waals surface area contributed by atoms with Crippen LogP contribution in [0.25, 0.3) is 10.1 Å². The summed E-state index contributed by atoms with van der Waals surface area (Å²) in [4.78, 5) is 16.4. The lowest BCUT2D eigenvalue weighted by molar-refractivity contribution is 0.158. The third kappa shape index (κ3) is 4.58. The summed E-state index contributed by atoms with van der Waals surface area (Å²) >= 11 is 1.60. The molecule has 1 saturated carbocycles. The average molecular weight is 403 g/mol. The fourth-order valence-corrected chi connectivity index (χ4v) is 5.27. The van der Waals surface area contributed by atoms with E-state index in [-0.39, 0.29) is 6.09 Å². The summed E-state index contributed by atoms with van der Waals surface area (Å²) < 4.78 is 10.7. The highest BCUT2D eigenvalue weighted by molar-refractivity contribution is 7.13. The van der Waals surface area contributed by atoms with Crippen LogP contribution in [0, 0.1) is 5.92 Å². The molecule has 2 heterocycles. The Hall–Kier alpha value is -1.86. The zero-order chi connectivity index (χ0) is 19.3. The van der Waals surface area contributed by atoms with Crippen molar-refractivity contribution in [3.8, 4) is 0 Å². The van der Waals surface area contributed by atoms with E-state index < -0.39 is 0 Å². The van der Waals surface area contributed by atoms with Gasteiger partial charge in [0.2, 0.25) is 0 Å². The van der Waals surface area contributed by atoms with Crippen LogP contribution in [0.4, 0.5) is 10.6 Å². The van der Waals surface area contributed by atoms with E-state index in [1.54, 1.807) is 11.5 Å². The molecule has 2 aromatic rings. The zero-order valence-electron chi connectivity index (χ0n) is 16.6. The summed E-state index contributed by atoms with van der Waals surface area (Å²) in [7, 11) is 1.43. The summed E-state index contributed by atoms with van der Waals surface area (Å²) in [5, 5.41) is 4.23. The molecule has 0 radical (unpaired) electrons. The molecular weight excluding hydrogens is 372 g/mol. The topological polar surface area (TPSA) is 57.7 Å². The molecule has 1 N–H and O–H groups in total.